The van der Waals surface area contributed by atoms with Gasteiger partial charge in [0.05, 0.1) is 19.8 Å². The molecule has 0 heterocycles. The number of unbranched alkanes of at least 4 members (excludes halogenated alkanes) is 17. The first-order valence-corrected chi connectivity index (χ1v) is 26.2. The van der Waals surface area contributed by atoms with Gasteiger partial charge in [-0.25, -0.2) is 4.57 Å². The molecule has 62 heavy (non-hydrogen) atoms. The van der Waals surface area contributed by atoms with E-state index in [4.69, 9.17) is 24.3 Å². The third-order valence-corrected chi connectivity index (χ3v) is 11.0. The fraction of sp³-hybridized carbons (Fsp3) is 0.679. The van der Waals surface area contributed by atoms with Gasteiger partial charge in [0, 0.05) is 19.6 Å². The molecule has 0 radical (unpaired) electrons. The van der Waals surface area contributed by atoms with Crippen LogP contribution in [-0.4, -0.2) is 49.9 Å². The van der Waals surface area contributed by atoms with Crippen molar-refractivity contribution in [3.63, 3.8) is 0 Å². The maximum absolute atomic E-state index is 12.6. The summed E-state index contributed by atoms with van der Waals surface area (Å²) in [5, 5.41) is 0. The minimum absolute atomic E-state index is 0.0917. The molecular weight excluding hydrogens is 794 g/mol. The zero-order valence-electron chi connectivity index (χ0n) is 39.6. The van der Waals surface area contributed by atoms with Crippen LogP contribution < -0.4 is 5.73 Å². The monoisotopic (exact) mass is 886 g/mol. The molecule has 0 bridgehead atoms. The Hall–Kier alpha value is -2.58. The Morgan fingerprint density at radius 1 is 0.500 bits per heavy atom. The quantitative estimate of drug-likeness (QED) is 0.0269. The first-order valence-electron chi connectivity index (χ1n) is 24.7. The van der Waals surface area contributed by atoms with Crippen LogP contribution in [0.5, 0.6) is 0 Å². The lowest BCUT2D eigenvalue weighted by atomic mass is 10.1. The minimum Gasteiger partial charge on any atom is -0.457 e. The van der Waals surface area contributed by atoms with Gasteiger partial charge in [0.25, 0.3) is 0 Å². The lowest BCUT2D eigenvalue weighted by Crippen LogP contribution is -2.28. The number of esters is 1. The third-order valence-electron chi connectivity index (χ3n) is 9.99. The SMILES string of the molecule is CC/C=C\C/C=C\C/C=C\C/C=C\C/C=C\C/C=C\CCCCCCCCCOCC(COP(=O)(O)OCCN)OC(=O)CCCCCCCCC/C=C\C/C=C\CCCCC. The summed E-state index contributed by atoms with van der Waals surface area (Å²) in [5.74, 6) is -0.346. The Morgan fingerprint density at radius 3 is 1.35 bits per heavy atom. The molecule has 356 valence electrons. The van der Waals surface area contributed by atoms with Gasteiger partial charge in [0.2, 0.25) is 0 Å². The molecule has 2 atom stereocenters. The van der Waals surface area contributed by atoms with Gasteiger partial charge in [-0.3, -0.25) is 13.8 Å². The third kappa shape index (κ3) is 48.5. The Bertz CT molecular complexity index is 1270. The van der Waals surface area contributed by atoms with Crippen LogP contribution in [0.1, 0.15) is 194 Å². The second-order valence-corrected chi connectivity index (χ2v) is 17.4. The van der Waals surface area contributed by atoms with Crippen molar-refractivity contribution in [2.75, 3.05) is 33.0 Å². The molecule has 0 saturated heterocycles. The van der Waals surface area contributed by atoms with Crippen molar-refractivity contribution in [2.45, 2.75) is 200 Å². The predicted molar refractivity (Wildman–Crippen MR) is 265 cm³/mol. The summed E-state index contributed by atoms with van der Waals surface area (Å²) in [5.41, 5.74) is 5.38. The van der Waals surface area contributed by atoms with Crippen molar-refractivity contribution < 1.29 is 32.8 Å². The van der Waals surface area contributed by atoms with Crippen molar-refractivity contribution in [2.24, 2.45) is 5.73 Å². The lowest BCUT2D eigenvalue weighted by Gasteiger charge is -2.20. The highest BCUT2D eigenvalue weighted by atomic mass is 31.2. The lowest BCUT2D eigenvalue weighted by molar-refractivity contribution is -0.154. The number of ether oxygens (including phenoxy) is 2. The molecule has 9 heteroatoms. The van der Waals surface area contributed by atoms with Crippen LogP contribution >= 0.6 is 7.82 Å². The molecule has 0 spiro atoms. The van der Waals surface area contributed by atoms with Crippen LogP contribution in [0, 0.1) is 0 Å². The van der Waals surface area contributed by atoms with Crippen LogP contribution in [0.4, 0.5) is 0 Å². The van der Waals surface area contributed by atoms with Crippen LogP contribution in [0.2, 0.25) is 0 Å². The highest BCUT2D eigenvalue weighted by Crippen LogP contribution is 2.43. The Morgan fingerprint density at radius 2 is 0.903 bits per heavy atom. The van der Waals surface area contributed by atoms with Gasteiger partial charge in [-0.2, -0.15) is 0 Å². The van der Waals surface area contributed by atoms with Gasteiger partial charge >= 0.3 is 13.8 Å². The van der Waals surface area contributed by atoms with Gasteiger partial charge < -0.3 is 20.1 Å². The Balaban J connectivity index is 4.02. The zero-order chi connectivity index (χ0) is 45.1. The molecular formula is C53H92NO7P. The number of hydrogen-bond donors (Lipinski definition) is 2. The minimum atomic E-state index is -4.29. The number of phosphoric acid groups is 1. The molecule has 2 unspecified atom stereocenters. The molecule has 0 rings (SSSR count). The van der Waals surface area contributed by atoms with Crippen molar-refractivity contribution in [1.82, 2.24) is 0 Å². The van der Waals surface area contributed by atoms with E-state index in [1.807, 2.05) is 0 Å². The van der Waals surface area contributed by atoms with E-state index in [9.17, 15) is 14.3 Å². The fourth-order valence-corrected chi connectivity index (χ4v) is 7.15. The van der Waals surface area contributed by atoms with Gasteiger partial charge in [-0.15, -0.1) is 0 Å². The summed E-state index contributed by atoms with van der Waals surface area (Å²) >= 11 is 0. The first-order chi connectivity index (χ1) is 30.4. The molecule has 8 nitrogen and oxygen atoms in total. The van der Waals surface area contributed by atoms with Gasteiger partial charge in [-0.05, 0) is 96.3 Å². The van der Waals surface area contributed by atoms with Gasteiger partial charge in [0.1, 0.15) is 6.10 Å². The zero-order valence-corrected chi connectivity index (χ0v) is 40.5. The van der Waals surface area contributed by atoms with Gasteiger partial charge in [-0.1, -0.05) is 188 Å². The normalized spacial score (nSPS) is 14.2. The highest BCUT2D eigenvalue weighted by Gasteiger charge is 2.25. The molecule has 0 aliphatic carbocycles. The van der Waals surface area contributed by atoms with E-state index >= 15 is 0 Å². The summed E-state index contributed by atoms with van der Waals surface area (Å²) in [6.07, 6.45) is 65.7. The van der Waals surface area contributed by atoms with Gasteiger partial charge in [0.15, 0.2) is 0 Å². The fourth-order valence-electron chi connectivity index (χ4n) is 6.38. The van der Waals surface area contributed by atoms with Crippen molar-refractivity contribution in [3.8, 4) is 0 Å². The van der Waals surface area contributed by atoms with E-state index in [0.29, 0.717) is 13.0 Å². The number of rotatable bonds is 46. The van der Waals surface area contributed by atoms with Crippen LogP contribution in [-0.2, 0) is 27.9 Å². The Kier molecular flexibility index (Phi) is 47.4. The molecule has 0 aromatic rings. The van der Waals surface area contributed by atoms with E-state index in [1.165, 1.54) is 77.0 Å². The molecule has 0 saturated carbocycles. The summed E-state index contributed by atoms with van der Waals surface area (Å²) in [6.45, 7) is 4.73. The van der Waals surface area contributed by atoms with E-state index < -0.39 is 13.9 Å². The molecule has 3 N–H and O–H groups in total. The number of carbonyl (C=O) groups excluding carboxylic acids is 1. The van der Waals surface area contributed by atoms with Crippen LogP contribution in [0.3, 0.4) is 0 Å². The van der Waals surface area contributed by atoms with Crippen molar-refractivity contribution >= 4 is 13.8 Å². The standard InChI is InChI=1S/C53H92NO7P/c1-3-5-7-9-11-13-15-17-19-21-22-23-24-25-26-27-28-29-31-33-35-37-39-41-43-45-48-58-50-52(51-60-62(56,57)59-49-47-54)61-53(55)46-44-42-40-38-36-34-32-30-20-18-16-14-12-10-8-6-4-2/h5,7,11-14,17-20,22-23,25-26,28-29,52H,3-4,6,8-10,15-16,21,24,27,30-51,54H2,1-2H3,(H,56,57)/b7-5-,13-11-,14-12-,19-17-,20-18-,23-22-,26-25-,29-28-. The number of hydrogen-bond acceptors (Lipinski definition) is 7. The van der Waals surface area contributed by atoms with Crippen LogP contribution in [0.25, 0.3) is 0 Å². The molecule has 0 aromatic heterocycles. The average Bonchev–Trinajstić information content (AvgIpc) is 3.26. The van der Waals surface area contributed by atoms with Crippen molar-refractivity contribution in [1.29, 1.82) is 0 Å². The molecule has 0 aromatic carbocycles. The summed E-state index contributed by atoms with van der Waals surface area (Å²) < 4.78 is 33.5. The van der Waals surface area contributed by atoms with E-state index in [1.54, 1.807) is 0 Å². The second kappa shape index (κ2) is 49.4. The summed E-state index contributed by atoms with van der Waals surface area (Å²) in [6, 6.07) is 0. The number of allylic oxidation sites excluding steroid dienone is 16. The van der Waals surface area contributed by atoms with E-state index in [2.05, 4.69) is 111 Å². The van der Waals surface area contributed by atoms with Crippen LogP contribution in [0.15, 0.2) is 97.2 Å². The van der Waals surface area contributed by atoms with Crippen molar-refractivity contribution in [3.05, 3.63) is 97.2 Å². The highest BCUT2D eigenvalue weighted by molar-refractivity contribution is 7.47. The summed E-state index contributed by atoms with van der Waals surface area (Å²) in [7, 11) is -4.29. The average molecular weight is 886 g/mol. The Labute approximate surface area is 380 Å². The molecule has 0 aliphatic rings. The smallest absolute Gasteiger partial charge is 0.457 e. The number of phosphoric ester groups is 1. The second-order valence-electron chi connectivity index (χ2n) is 15.9. The molecule has 0 amide bonds. The first kappa shape index (κ1) is 59.4. The predicted octanol–water partition coefficient (Wildman–Crippen LogP) is 15.4. The largest absolute Gasteiger partial charge is 0.472 e. The van der Waals surface area contributed by atoms with E-state index in [0.717, 1.165) is 96.3 Å². The van der Waals surface area contributed by atoms with E-state index in [-0.39, 0.29) is 32.3 Å². The molecule has 0 aliphatic heterocycles. The molecule has 0 fully saturated rings. The topological polar surface area (TPSA) is 117 Å². The number of nitrogens with two attached hydrogens (primary N) is 1. The summed E-state index contributed by atoms with van der Waals surface area (Å²) in [4.78, 5) is 22.6. The number of carbonyl (C=O) groups is 1. The maximum atomic E-state index is 12.6. The maximum Gasteiger partial charge on any atom is 0.472 e.